The Balaban J connectivity index is 2.66. The maximum absolute atomic E-state index is 11.9. The number of nitriles is 1. The second-order valence-electron chi connectivity index (χ2n) is 5.34. The summed E-state index contributed by atoms with van der Waals surface area (Å²) in [6, 6.07) is 9.12. The molecular formula is C15H18ClN3O. The van der Waals surface area contributed by atoms with Crippen molar-refractivity contribution in [2.75, 3.05) is 0 Å². The molecule has 1 aromatic rings. The fourth-order valence-corrected chi connectivity index (χ4v) is 1.55. The lowest BCUT2D eigenvalue weighted by atomic mass is 10.1. The van der Waals surface area contributed by atoms with Crippen LogP contribution in [0.25, 0.3) is 0 Å². The number of benzene rings is 1. The summed E-state index contributed by atoms with van der Waals surface area (Å²) < 4.78 is 0. The van der Waals surface area contributed by atoms with Crippen LogP contribution in [0.5, 0.6) is 0 Å². The lowest BCUT2D eigenvalue weighted by Crippen LogP contribution is -2.33. The monoisotopic (exact) mass is 291 g/mol. The van der Waals surface area contributed by atoms with E-state index in [9.17, 15) is 4.79 Å². The third kappa shape index (κ3) is 5.33. The molecule has 0 aliphatic carbocycles. The number of nitrogens with zero attached hydrogens (tertiary/aromatic N) is 1. The molecule has 1 rings (SSSR count). The minimum atomic E-state index is -0.427. The number of hydrogen-bond acceptors (Lipinski definition) is 3. The molecule has 0 spiro atoms. The molecule has 1 aromatic carbocycles. The van der Waals surface area contributed by atoms with E-state index >= 15 is 0 Å². The average molecular weight is 292 g/mol. The summed E-state index contributed by atoms with van der Waals surface area (Å²) in [7, 11) is 0. The molecule has 0 unspecified atom stereocenters. The van der Waals surface area contributed by atoms with Crippen molar-refractivity contribution in [1.29, 1.82) is 5.26 Å². The first-order chi connectivity index (χ1) is 9.33. The smallest absolute Gasteiger partial charge is 0.263 e. The van der Waals surface area contributed by atoms with Gasteiger partial charge < -0.3 is 10.6 Å². The third-order valence-electron chi connectivity index (χ3n) is 2.41. The highest BCUT2D eigenvalue weighted by molar-refractivity contribution is 6.31. The molecule has 106 valence electrons. The van der Waals surface area contributed by atoms with E-state index in [0.717, 1.165) is 5.56 Å². The van der Waals surface area contributed by atoms with Crippen LogP contribution in [-0.4, -0.2) is 11.4 Å². The zero-order valence-electron chi connectivity index (χ0n) is 11.8. The van der Waals surface area contributed by atoms with E-state index in [2.05, 4.69) is 10.6 Å². The molecule has 0 atom stereocenters. The third-order valence-corrected chi connectivity index (χ3v) is 2.78. The number of carbonyl (C=O) groups excluding carboxylic acids is 1. The molecule has 2 N–H and O–H groups in total. The minimum absolute atomic E-state index is 0.0342. The van der Waals surface area contributed by atoms with Gasteiger partial charge in [-0.15, -0.1) is 0 Å². The van der Waals surface area contributed by atoms with Crippen molar-refractivity contribution in [3.8, 4) is 6.07 Å². The van der Waals surface area contributed by atoms with Crippen LogP contribution >= 0.6 is 11.6 Å². The van der Waals surface area contributed by atoms with Gasteiger partial charge in [0.05, 0.1) is 0 Å². The molecule has 5 heteroatoms. The van der Waals surface area contributed by atoms with E-state index < -0.39 is 5.91 Å². The van der Waals surface area contributed by atoms with Crippen molar-refractivity contribution in [3.63, 3.8) is 0 Å². The summed E-state index contributed by atoms with van der Waals surface area (Å²) in [4.78, 5) is 11.9. The van der Waals surface area contributed by atoms with Crippen LogP contribution < -0.4 is 10.6 Å². The SMILES string of the molecule is CC(C)(C)N/C=C(/C#N)C(=O)NCc1ccccc1Cl. The van der Waals surface area contributed by atoms with E-state index in [1.54, 1.807) is 6.07 Å². The molecule has 20 heavy (non-hydrogen) atoms. The van der Waals surface area contributed by atoms with E-state index in [4.69, 9.17) is 16.9 Å². The van der Waals surface area contributed by atoms with Crippen molar-refractivity contribution < 1.29 is 4.79 Å². The van der Waals surface area contributed by atoms with Gasteiger partial charge in [-0.3, -0.25) is 4.79 Å². The van der Waals surface area contributed by atoms with Crippen molar-refractivity contribution in [2.45, 2.75) is 32.9 Å². The average Bonchev–Trinajstić information content (AvgIpc) is 2.37. The summed E-state index contributed by atoms with van der Waals surface area (Å²) in [6.45, 7) is 6.12. The lowest BCUT2D eigenvalue weighted by molar-refractivity contribution is -0.117. The molecule has 0 aliphatic heterocycles. The molecule has 0 heterocycles. The van der Waals surface area contributed by atoms with Gasteiger partial charge in [-0.25, -0.2) is 0 Å². The second-order valence-corrected chi connectivity index (χ2v) is 5.75. The number of hydrogen-bond donors (Lipinski definition) is 2. The van der Waals surface area contributed by atoms with Gasteiger partial charge in [0.25, 0.3) is 5.91 Å². The van der Waals surface area contributed by atoms with Gasteiger partial charge in [-0.1, -0.05) is 29.8 Å². The molecule has 0 aromatic heterocycles. The Labute approximate surface area is 124 Å². The first-order valence-corrected chi connectivity index (χ1v) is 6.61. The van der Waals surface area contributed by atoms with Crippen molar-refractivity contribution in [2.24, 2.45) is 0 Å². The Bertz CT molecular complexity index is 553. The van der Waals surface area contributed by atoms with Crippen LogP contribution in [0.3, 0.4) is 0 Å². The Morgan fingerprint density at radius 1 is 1.40 bits per heavy atom. The first-order valence-electron chi connectivity index (χ1n) is 6.23. The van der Waals surface area contributed by atoms with Crippen LogP contribution in [0.1, 0.15) is 26.3 Å². The summed E-state index contributed by atoms with van der Waals surface area (Å²) >= 11 is 6.00. The Hall–Kier alpha value is -1.99. The van der Waals surface area contributed by atoms with E-state index in [1.807, 2.05) is 45.0 Å². The zero-order chi connectivity index (χ0) is 15.2. The standard InChI is InChI=1S/C15H18ClN3O/c1-15(2,3)19-10-12(8-17)14(20)18-9-11-6-4-5-7-13(11)16/h4-7,10,19H,9H2,1-3H3,(H,18,20)/b12-10-. The Morgan fingerprint density at radius 3 is 2.60 bits per heavy atom. The molecule has 0 aliphatic rings. The number of rotatable bonds is 4. The zero-order valence-corrected chi connectivity index (χ0v) is 12.6. The molecular weight excluding hydrogens is 274 g/mol. The Kier molecular flexibility index (Phi) is 5.60. The predicted octanol–water partition coefficient (Wildman–Crippen LogP) is 2.75. The predicted molar refractivity (Wildman–Crippen MR) is 79.9 cm³/mol. The minimum Gasteiger partial charge on any atom is -0.385 e. The summed E-state index contributed by atoms with van der Waals surface area (Å²) in [6.07, 6.45) is 1.43. The van der Waals surface area contributed by atoms with E-state index in [1.165, 1.54) is 6.20 Å². The quantitative estimate of drug-likeness (QED) is 0.662. The summed E-state index contributed by atoms with van der Waals surface area (Å²) in [5, 5.41) is 15.3. The van der Waals surface area contributed by atoms with Crippen LogP contribution in [0.4, 0.5) is 0 Å². The first kappa shape index (κ1) is 16.1. The van der Waals surface area contributed by atoms with E-state index in [0.29, 0.717) is 5.02 Å². The molecule has 0 saturated heterocycles. The van der Waals surface area contributed by atoms with Crippen LogP contribution in [0.15, 0.2) is 36.0 Å². The highest BCUT2D eigenvalue weighted by Gasteiger charge is 2.12. The van der Waals surface area contributed by atoms with Gasteiger partial charge in [-0.05, 0) is 32.4 Å². The van der Waals surface area contributed by atoms with Gasteiger partial charge in [0.15, 0.2) is 0 Å². The largest absolute Gasteiger partial charge is 0.385 e. The molecule has 0 bridgehead atoms. The number of amides is 1. The van der Waals surface area contributed by atoms with Crippen LogP contribution in [0.2, 0.25) is 5.02 Å². The van der Waals surface area contributed by atoms with Crippen LogP contribution in [0, 0.1) is 11.3 Å². The highest BCUT2D eigenvalue weighted by atomic mass is 35.5. The fraction of sp³-hybridized carbons (Fsp3) is 0.333. The molecule has 4 nitrogen and oxygen atoms in total. The summed E-state index contributed by atoms with van der Waals surface area (Å²) in [5.41, 5.74) is 0.640. The molecule has 1 amide bonds. The van der Waals surface area contributed by atoms with Crippen molar-refractivity contribution in [3.05, 3.63) is 46.6 Å². The maximum Gasteiger partial charge on any atom is 0.263 e. The topological polar surface area (TPSA) is 64.9 Å². The van der Waals surface area contributed by atoms with Gasteiger partial charge in [0, 0.05) is 23.3 Å². The van der Waals surface area contributed by atoms with Gasteiger partial charge >= 0.3 is 0 Å². The second kappa shape index (κ2) is 6.97. The number of halogens is 1. The van der Waals surface area contributed by atoms with Crippen molar-refractivity contribution in [1.82, 2.24) is 10.6 Å². The highest BCUT2D eigenvalue weighted by Crippen LogP contribution is 2.14. The normalized spacial score (nSPS) is 11.7. The van der Waals surface area contributed by atoms with Gasteiger partial charge in [-0.2, -0.15) is 5.26 Å². The van der Waals surface area contributed by atoms with Gasteiger partial charge in [0.1, 0.15) is 11.6 Å². The maximum atomic E-state index is 11.9. The Morgan fingerprint density at radius 2 is 2.05 bits per heavy atom. The number of carbonyl (C=O) groups is 1. The fourth-order valence-electron chi connectivity index (χ4n) is 1.35. The molecule has 0 fully saturated rings. The number of nitrogens with one attached hydrogen (secondary N) is 2. The lowest BCUT2D eigenvalue weighted by Gasteiger charge is -2.18. The van der Waals surface area contributed by atoms with E-state index in [-0.39, 0.29) is 17.7 Å². The van der Waals surface area contributed by atoms with Crippen LogP contribution in [-0.2, 0) is 11.3 Å². The summed E-state index contributed by atoms with van der Waals surface area (Å²) in [5.74, 6) is -0.427. The molecule has 0 saturated carbocycles. The van der Waals surface area contributed by atoms with Gasteiger partial charge in [0.2, 0.25) is 0 Å². The molecule has 0 radical (unpaired) electrons. The van der Waals surface area contributed by atoms with Crippen molar-refractivity contribution >= 4 is 17.5 Å².